The predicted octanol–water partition coefficient (Wildman–Crippen LogP) is 1.75. The summed E-state index contributed by atoms with van der Waals surface area (Å²) in [4.78, 5) is 18.5. The van der Waals surface area contributed by atoms with Crippen molar-refractivity contribution in [2.75, 3.05) is 13.7 Å². The molecule has 1 heterocycles. The SMILES string of the molecule is CCOc1nc2ccc(C(=O)OC)cc2[nH]1. The number of nitrogens with one attached hydrogen (secondary N) is 1. The largest absolute Gasteiger partial charge is 0.465 e. The number of aromatic nitrogens is 2. The highest BCUT2D eigenvalue weighted by Crippen LogP contribution is 2.17. The van der Waals surface area contributed by atoms with E-state index in [1.54, 1.807) is 18.2 Å². The van der Waals surface area contributed by atoms with Gasteiger partial charge in [-0.05, 0) is 25.1 Å². The summed E-state index contributed by atoms with van der Waals surface area (Å²) in [6.07, 6.45) is 0. The summed E-state index contributed by atoms with van der Waals surface area (Å²) in [7, 11) is 1.35. The van der Waals surface area contributed by atoms with Crippen molar-refractivity contribution in [1.29, 1.82) is 0 Å². The summed E-state index contributed by atoms with van der Waals surface area (Å²) in [5, 5.41) is 0. The Bertz CT molecular complexity index is 519. The van der Waals surface area contributed by atoms with Crippen LogP contribution in [0.5, 0.6) is 6.01 Å². The van der Waals surface area contributed by atoms with Gasteiger partial charge in [-0.2, -0.15) is 4.98 Å². The number of aromatic amines is 1. The number of fused-ring (bicyclic) bond motifs is 1. The maximum absolute atomic E-state index is 11.3. The van der Waals surface area contributed by atoms with Gasteiger partial charge in [-0.25, -0.2) is 4.79 Å². The van der Waals surface area contributed by atoms with Gasteiger partial charge < -0.3 is 14.5 Å². The van der Waals surface area contributed by atoms with E-state index in [-0.39, 0.29) is 5.97 Å². The van der Waals surface area contributed by atoms with E-state index in [0.29, 0.717) is 18.2 Å². The monoisotopic (exact) mass is 220 g/mol. The van der Waals surface area contributed by atoms with Gasteiger partial charge in [0.05, 0.1) is 30.3 Å². The average Bonchev–Trinajstić information content (AvgIpc) is 2.69. The van der Waals surface area contributed by atoms with Crippen LogP contribution < -0.4 is 4.74 Å². The molecule has 0 unspecified atom stereocenters. The number of nitrogens with zero attached hydrogens (tertiary/aromatic N) is 1. The van der Waals surface area contributed by atoms with Crippen LogP contribution in [0.3, 0.4) is 0 Å². The molecule has 0 atom stereocenters. The second kappa shape index (κ2) is 4.22. The summed E-state index contributed by atoms with van der Waals surface area (Å²) in [6, 6.07) is 5.57. The molecule has 5 nitrogen and oxygen atoms in total. The second-order valence-corrected chi connectivity index (χ2v) is 3.20. The quantitative estimate of drug-likeness (QED) is 0.800. The lowest BCUT2D eigenvalue weighted by atomic mass is 10.2. The van der Waals surface area contributed by atoms with Crippen molar-refractivity contribution in [2.45, 2.75) is 6.92 Å². The number of hydrogen-bond acceptors (Lipinski definition) is 4. The van der Waals surface area contributed by atoms with Gasteiger partial charge in [0.25, 0.3) is 6.01 Å². The van der Waals surface area contributed by atoms with E-state index in [9.17, 15) is 4.79 Å². The third kappa shape index (κ3) is 1.84. The minimum Gasteiger partial charge on any atom is -0.465 e. The summed E-state index contributed by atoms with van der Waals surface area (Å²) >= 11 is 0. The van der Waals surface area contributed by atoms with E-state index in [2.05, 4.69) is 14.7 Å². The first-order valence-corrected chi connectivity index (χ1v) is 4.95. The molecule has 1 aromatic heterocycles. The highest BCUT2D eigenvalue weighted by Gasteiger charge is 2.08. The van der Waals surface area contributed by atoms with Gasteiger partial charge >= 0.3 is 5.97 Å². The van der Waals surface area contributed by atoms with Gasteiger partial charge in [0.2, 0.25) is 0 Å². The fourth-order valence-corrected chi connectivity index (χ4v) is 1.44. The van der Waals surface area contributed by atoms with E-state index >= 15 is 0 Å². The number of ether oxygens (including phenoxy) is 2. The molecule has 2 rings (SSSR count). The van der Waals surface area contributed by atoms with E-state index in [1.165, 1.54) is 7.11 Å². The Balaban J connectivity index is 2.41. The van der Waals surface area contributed by atoms with Crippen molar-refractivity contribution < 1.29 is 14.3 Å². The van der Waals surface area contributed by atoms with Gasteiger partial charge in [-0.15, -0.1) is 0 Å². The number of benzene rings is 1. The van der Waals surface area contributed by atoms with Crippen LogP contribution in [0.15, 0.2) is 18.2 Å². The maximum atomic E-state index is 11.3. The number of methoxy groups -OCH3 is 1. The normalized spacial score (nSPS) is 10.4. The summed E-state index contributed by atoms with van der Waals surface area (Å²) in [6.45, 7) is 2.43. The van der Waals surface area contributed by atoms with Gasteiger partial charge in [-0.1, -0.05) is 0 Å². The van der Waals surface area contributed by atoms with Crippen LogP contribution in [-0.4, -0.2) is 29.7 Å². The summed E-state index contributed by atoms with van der Waals surface area (Å²) in [5.41, 5.74) is 2.00. The van der Waals surface area contributed by atoms with Crippen molar-refractivity contribution in [3.05, 3.63) is 23.8 Å². The molecule has 0 saturated heterocycles. The molecule has 2 aromatic rings. The number of rotatable bonds is 3. The van der Waals surface area contributed by atoms with Gasteiger partial charge in [0, 0.05) is 0 Å². The Kier molecular flexibility index (Phi) is 2.76. The Morgan fingerprint density at radius 3 is 3.00 bits per heavy atom. The number of H-pyrrole nitrogens is 1. The maximum Gasteiger partial charge on any atom is 0.337 e. The molecule has 0 spiro atoms. The number of carbonyl (C=O) groups excluding carboxylic acids is 1. The fraction of sp³-hybridized carbons (Fsp3) is 0.273. The Labute approximate surface area is 92.4 Å². The van der Waals surface area contributed by atoms with Crippen LogP contribution >= 0.6 is 0 Å². The average molecular weight is 220 g/mol. The standard InChI is InChI=1S/C11H12N2O3/c1-3-16-11-12-8-5-4-7(10(14)15-2)6-9(8)13-11/h4-6H,3H2,1-2H3,(H,12,13). The minimum absolute atomic E-state index is 0.366. The first kappa shape index (κ1) is 10.5. The Morgan fingerprint density at radius 2 is 2.31 bits per heavy atom. The lowest BCUT2D eigenvalue weighted by molar-refractivity contribution is 0.0601. The van der Waals surface area contributed by atoms with Crippen molar-refractivity contribution >= 4 is 17.0 Å². The smallest absolute Gasteiger partial charge is 0.337 e. The van der Waals surface area contributed by atoms with Gasteiger partial charge in [0.1, 0.15) is 0 Å². The molecule has 0 radical (unpaired) electrons. The van der Waals surface area contributed by atoms with Crippen LogP contribution in [0.25, 0.3) is 11.0 Å². The lowest BCUT2D eigenvalue weighted by Crippen LogP contribution is -2.00. The van der Waals surface area contributed by atoms with Crippen LogP contribution in [-0.2, 0) is 4.74 Å². The van der Waals surface area contributed by atoms with E-state index in [4.69, 9.17) is 4.74 Å². The van der Waals surface area contributed by atoms with Crippen molar-refractivity contribution in [3.63, 3.8) is 0 Å². The minimum atomic E-state index is -0.366. The van der Waals surface area contributed by atoms with Crippen molar-refractivity contribution in [3.8, 4) is 6.01 Å². The zero-order valence-corrected chi connectivity index (χ0v) is 9.11. The summed E-state index contributed by atoms with van der Waals surface area (Å²) < 4.78 is 9.87. The van der Waals surface area contributed by atoms with E-state index in [1.807, 2.05) is 6.92 Å². The van der Waals surface area contributed by atoms with Gasteiger partial charge in [0.15, 0.2) is 0 Å². The predicted molar refractivity (Wildman–Crippen MR) is 58.6 cm³/mol. The molecule has 5 heteroatoms. The first-order valence-electron chi connectivity index (χ1n) is 4.95. The third-order valence-electron chi connectivity index (χ3n) is 2.16. The zero-order chi connectivity index (χ0) is 11.5. The summed E-state index contributed by atoms with van der Waals surface area (Å²) in [5.74, 6) is -0.366. The number of carbonyl (C=O) groups is 1. The molecule has 1 N–H and O–H groups in total. The van der Waals surface area contributed by atoms with Crippen LogP contribution in [0.4, 0.5) is 0 Å². The highest BCUT2D eigenvalue weighted by atomic mass is 16.5. The lowest BCUT2D eigenvalue weighted by Gasteiger charge is -1.97. The molecule has 0 amide bonds. The number of esters is 1. The number of hydrogen-bond donors (Lipinski definition) is 1. The topological polar surface area (TPSA) is 64.2 Å². The molecule has 1 aromatic carbocycles. The van der Waals surface area contributed by atoms with Crippen molar-refractivity contribution in [2.24, 2.45) is 0 Å². The Morgan fingerprint density at radius 1 is 1.50 bits per heavy atom. The number of imidazole rings is 1. The van der Waals surface area contributed by atoms with Crippen molar-refractivity contribution in [1.82, 2.24) is 9.97 Å². The molecule has 0 bridgehead atoms. The third-order valence-corrected chi connectivity index (χ3v) is 2.16. The van der Waals surface area contributed by atoms with E-state index in [0.717, 1.165) is 11.0 Å². The molecular weight excluding hydrogens is 208 g/mol. The Hall–Kier alpha value is -2.04. The molecular formula is C11H12N2O3. The molecule has 84 valence electrons. The molecule has 0 aliphatic heterocycles. The second-order valence-electron chi connectivity index (χ2n) is 3.20. The fourth-order valence-electron chi connectivity index (χ4n) is 1.44. The van der Waals surface area contributed by atoms with E-state index < -0.39 is 0 Å². The van der Waals surface area contributed by atoms with Crippen LogP contribution in [0, 0.1) is 0 Å². The van der Waals surface area contributed by atoms with Gasteiger partial charge in [-0.3, -0.25) is 0 Å². The molecule has 16 heavy (non-hydrogen) atoms. The van der Waals surface area contributed by atoms with Crippen LogP contribution in [0.1, 0.15) is 17.3 Å². The van der Waals surface area contributed by atoms with Crippen LogP contribution in [0.2, 0.25) is 0 Å². The highest BCUT2D eigenvalue weighted by molar-refractivity contribution is 5.93. The zero-order valence-electron chi connectivity index (χ0n) is 9.11. The molecule has 0 saturated carbocycles. The molecule has 0 aliphatic rings. The molecule has 0 fully saturated rings. The first-order chi connectivity index (χ1) is 7.74. The molecule has 0 aliphatic carbocycles.